The Labute approximate surface area is 207 Å². The fourth-order valence-corrected chi connectivity index (χ4v) is 4.95. The van der Waals surface area contributed by atoms with E-state index in [1.165, 1.54) is 16.7 Å². The fraction of sp³-hybridized carbons (Fsp3) is 0.345. The second-order valence-corrected chi connectivity index (χ2v) is 9.05. The number of benzene rings is 3. The second-order valence-electron chi connectivity index (χ2n) is 9.05. The van der Waals surface area contributed by atoms with Crippen LogP contribution in [0, 0.1) is 6.92 Å². The molecule has 0 fully saturated rings. The molecule has 0 saturated heterocycles. The topological polar surface area (TPSA) is 60.0 Å². The number of hydrogen-bond donors (Lipinski definition) is 1. The molecule has 0 spiro atoms. The standard InChI is InChI=1S/C29H34N2O4/c1-19-7-6-8-21(15-19)18-31-14-13-23-16-26(34-4)27(35-5)17-25(23)28(31)20(2)30-29(32)22-9-11-24(33-3)12-10-22/h6-12,15-17,20,28H,13-14,18H2,1-5H3,(H,30,32)/t20-,28+/m1/s1. The van der Waals surface area contributed by atoms with Crippen molar-refractivity contribution in [3.05, 3.63) is 88.5 Å². The van der Waals surface area contributed by atoms with E-state index < -0.39 is 0 Å². The zero-order valence-corrected chi connectivity index (χ0v) is 21.1. The number of nitrogens with zero attached hydrogens (tertiary/aromatic N) is 1. The van der Waals surface area contributed by atoms with E-state index in [0.29, 0.717) is 11.3 Å². The van der Waals surface area contributed by atoms with E-state index in [2.05, 4.69) is 60.5 Å². The molecule has 0 saturated carbocycles. The number of carbonyl (C=O) groups excluding carboxylic acids is 1. The minimum Gasteiger partial charge on any atom is -0.497 e. The molecule has 1 heterocycles. The molecular formula is C29H34N2O4. The molecule has 1 aliphatic rings. The first-order valence-corrected chi connectivity index (χ1v) is 11.9. The Kier molecular flexibility index (Phi) is 7.61. The van der Waals surface area contributed by atoms with Gasteiger partial charge < -0.3 is 19.5 Å². The average Bonchev–Trinajstić information content (AvgIpc) is 2.87. The molecule has 184 valence electrons. The van der Waals surface area contributed by atoms with Crippen molar-refractivity contribution < 1.29 is 19.0 Å². The first kappa shape index (κ1) is 24.6. The maximum absolute atomic E-state index is 13.1. The highest BCUT2D eigenvalue weighted by molar-refractivity contribution is 5.94. The Morgan fingerprint density at radius 3 is 2.37 bits per heavy atom. The zero-order chi connectivity index (χ0) is 24.9. The van der Waals surface area contributed by atoms with Crippen LogP contribution in [0.3, 0.4) is 0 Å². The van der Waals surface area contributed by atoms with Gasteiger partial charge in [-0.1, -0.05) is 29.8 Å². The van der Waals surface area contributed by atoms with Gasteiger partial charge in [-0.25, -0.2) is 0 Å². The van der Waals surface area contributed by atoms with E-state index in [4.69, 9.17) is 14.2 Å². The summed E-state index contributed by atoms with van der Waals surface area (Å²) < 4.78 is 16.4. The number of hydrogen-bond acceptors (Lipinski definition) is 5. The first-order chi connectivity index (χ1) is 16.9. The molecule has 0 aliphatic carbocycles. The van der Waals surface area contributed by atoms with Gasteiger partial charge in [0.25, 0.3) is 5.91 Å². The smallest absolute Gasteiger partial charge is 0.251 e. The SMILES string of the molecule is COc1ccc(C(=O)N[C@H](C)[C@H]2c3cc(OC)c(OC)cc3CCN2Cc2cccc(C)c2)cc1. The van der Waals surface area contributed by atoms with Gasteiger partial charge in [0.05, 0.1) is 27.4 Å². The summed E-state index contributed by atoms with van der Waals surface area (Å²) in [6.45, 7) is 5.86. The molecular weight excluding hydrogens is 440 g/mol. The molecule has 0 radical (unpaired) electrons. The second kappa shape index (κ2) is 10.8. The number of methoxy groups -OCH3 is 3. The summed E-state index contributed by atoms with van der Waals surface area (Å²) >= 11 is 0. The molecule has 0 bridgehead atoms. The number of amides is 1. The summed E-state index contributed by atoms with van der Waals surface area (Å²) in [6, 6.07) is 19.7. The Morgan fingerprint density at radius 2 is 1.71 bits per heavy atom. The minimum atomic E-state index is -0.147. The van der Waals surface area contributed by atoms with E-state index >= 15 is 0 Å². The first-order valence-electron chi connectivity index (χ1n) is 11.9. The van der Waals surface area contributed by atoms with E-state index in [1.807, 2.05) is 0 Å². The Balaban J connectivity index is 1.66. The average molecular weight is 475 g/mol. The van der Waals surface area contributed by atoms with Crippen LogP contribution >= 0.6 is 0 Å². The number of nitrogens with one attached hydrogen (secondary N) is 1. The monoisotopic (exact) mass is 474 g/mol. The molecule has 1 amide bonds. The maximum atomic E-state index is 13.1. The summed E-state index contributed by atoms with van der Waals surface area (Å²) in [7, 11) is 4.93. The maximum Gasteiger partial charge on any atom is 0.251 e. The Hall–Kier alpha value is -3.51. The molecule has 2 atom stereocenters. The summed E-state index contributed by atoms with van der Waals surface area (Å²) in [6.07, 6.45) is 0.900. The molecule has 0 unspecified atom stereocenters. The summed E-state index contributed by atoms with van der Waals surface area (Å²) in [5.41, 5.74) is 5.48. The normalized spacial score (nSPS) is 16.2. The van der Waals surface area contributed by atoms with Crippen molar-refractivity contribution in [3.63, 3.8) is 0 Å². The molecule has 6 heteroatoms. The highest BCUT2D eigenvalue weighted by Crippen LogP contribution is 2.40. The lowest BCUT2D eigenvalue weighted by molar-refractivity contribution is 0.0877. The van der Waals surface area contributed by atoms with Crippen molar-refractivity contribution in [2.75, 3.05) is 27.9 Å². The quantitative estimate of drug-likeness (QED) is 0.501. The summed E-state index contributed by atoms with van der Waals surface area (Å²) in [5, 5.41) is 3.24. The van der Waals surface area contributed by atoms with Crippen LogP contribution in [0.25, 0.3) is 0 Å². The number of aryl methyl sites for hydroxylation is 1. The summed E-state index contributed by atoms with van der Waals surface area (Å²) in [5.74, 6) is 2.04. The van der Waals surface area contributed by atoms with Gasteiger partial charge in [0.2, 0.25) is 0 Å². The minimum absolute atomic E-state index is 0.0266. The number of ether oxygens (including phenoxy) is 3. The number of fused-ring (bicyclic) bond motifs is 1. The molecule has 1 aliphatic heterocycles. The van der Waals surface area contributed by atoms with Crippen LogP contribution in [0.15, 0.2) is 60.7 Å². The molecule has 1 N–H and O–H groups in total. The third-order valence-corrected chi connectivity index (χ3v) is 6.68. The van der Waals surface area contributed by atoms with Crippen LogP contribution in [-0.2, 0) is 13.0 Å². The van der Waals surface area contributed by atoms with E-state index in [0.717, 1.165) is 36.6 Å². The Morgan fingerprint density at radius 1 is 1.00 bits per heavy atom. The van der Waals surface area contributed by atoms with Crippen molar-refractivity contribution in [2.45, 2.75) is 38.9 Å². The fourth-order valence-electron chi connectivity index (χ4n) is 4.95. The van der Waals surface area contributed by atoms with Crippen molar-refractivity contribution in [3.8, 4) is 17.2 Å². The van der Waals surface area contributed by atoms with Crippen molar-refractivity contribution in [1.29, 1.82) is 0 Å². The van der Waals surface area contributed by atoms with Crippen LogP contribution in [0.1, 0.15) is 45.6 Å². The zero-order valence-electron chi connectivity index (χ0n) is 21.1. The van der Waals surface area contributed by atoms with Gasteiger partial charge in [0.1, 0.15) is 5.75 Å². The predicted octanol–water partition coefficient (Wildman–Crippen LogP) is 4.94. The predicted molar refractivity (Wildman–Crippen MR) is 138 cm³/mol. The van der Waals surface area contributed by atoms with Gasteiger partial charge in [-0.3, -0.25) is 9.69 Å². The molecule has 4 rings (SSSR count). The lowest BCUT2D eigenvalue weighted by Crippen LogP contribution is -2.47. The van der Waals surface area contributed by atoms with Gasteiger partial charge in [-0.05, 0) is 73.4 Å². The Bertz CT molecular complexity index is 1180. The van der Waals surface area contributed by atoms with Crippen LogP contribution in [0.5, 0.6) is 17.2 Å². The highest BCUT2D eigenvalue weighted by Gasteiger charge is 2.34. The lowest BCUT2D eigenvalue weighted by atomic mass is 9.87. The van der Waals surface area contributed by atoms with Gasteiger partial charge >= 0.3 is 0 Å². The molecule has 6 nitrogen and oxygen atoms in total. The van der Waals surface area contributed by atoms with Gasteiger partial charge in [-0.2, -0.15) is 0 Å². The van der Waals surface area contributed by atoms with Crippen LogP contribution in [0.4, 0.5) is 0 Å². The van der Waals surface area contributed by atoms with Crippen molar-refractivity contribution >= 4 is 5.91 Å². The van der Waals surface area contributed by atoms with Crippen LogP contribution in [-0.4, -0.2) is 44.7 Å². The van der Waals surface area contributed by atoms with Crippen molar-refractivity contribution in [1.82, 2.24) is 10.2 Å². The third kappa shape index (κ3) is 5.43. The number of rotatable bonds is 8. The highest BCUT2D eigenvalue weighted by atomic mass is 16.5. The molecule has 3 aromatic carbocycles. The van der Waals surface area contributed by atoms with E-state index in [-0.39, 0.29) is 18.0 Å². The number of carbonyl (C=O) groups is 1. The summed E-state index contributed by atoms with van der Waals surface area (Å²) in [4.78, 5) is 15.6. The van der Waals surface area contributed by atoms with Crippen LogP contribution < -0.4 is 19.5 Å². The van der Waals surface area contributed by atoms with Gasteiger partial charge in [-0.15, -0.1) is 0 Å². The third-order valence-electron chi connectivity index (χ3n) is 6.68. The van der Waals surface area contributed by atoms with Gasteiger partial charge in [0, 0.05) is 24.7 Å². The molecule has 35 heavy (non-hydrogen) atoms. The largest absolute Gasteiger partial charge is 0.497 e. The molecule has 0 aromatic heterocycles. The van der Waals surface area contributed by atoms with Crippen LogP contribution in [0.2, 0.25) is 0 Å². The lowest BCUT2D eigenvalue weighted by Gasteiger charge is -2.41. The van der Waals surface area contributed by atoms with E-state index in [9.17, 15) is 4.79 Å². The van der Waals surface area contributed by atoms with Crippen molar-refractivity contribution in [2.24, 2.45) is 0 Å². The molecule has 3 aromatic rings. The van der Waals surface area contributed by atoms with E-state index in [1.54, 1.807) is 45.6 Å². The van der Waals surface area contributed by atoms with Gasteiger partial charge in [0.15, 0.2) is 11.5 Å².